The molecule has 16 atom stereocenters. The Morgan fingerprint density at radius 2 is 1.56 bits per heavy atom. The molecule has 276 valence electrons. The average Bonchev–Trinajstić information content (AvgIpc) is 3.36. The van der Waals surface area contributed by atoms with Crippen LogP contribution in [0.3, 0.4) is 0 Å². The van der Waals surface area contributed by atoms with E-state index in [1.807, 2.05) is 20.8 Å². The summed E-state index contributed by atoms with van der Waals surface area (Å²) < 4.78 is 17.9. The van der Waals surface area contributed by atoms with Crippen LogP contribution in [-0.2, 0) is 19.0 Å². The first-order valence-electron chi connectivity index (χ1n) is 18.3. The highest BCUT2D eigenvalue weighted by Gasteiger charge is 2.73. The van der Waals surface area contributed by atoms with Gasteiger partial charge in [0.2, 0.25) is 0 Å². The Balaban J connectivity index is 1.49. The molecule has 5 aliphatic rings. The number of esters is 1. The summed E-state index contributed by atoms with van der Waals surface area (Å²) in [5.41, 5.74) is -1.07. The molecule has 0 spiro atoms. The van der Waals surface area contributed by atoms with Gasteiger partial charge in [-0.05, 0) is 117 Å². The van der Waals surface area contributed by atoms with Crippen LogP contribution < -0.4 is 0 Å². The minimum atomic E-state index is -1.57. The smallest absolute Gasteiger partial charge is 0.302 e. The van der Waals surface area contributed by atoms with E-state index in [4.69, 9.17) is 14.2 Å². The van der Waals surface area contributed by atoms with E-state index in [0.717, 1.165) is 24.8 Å². The molecule has 0 aromatic carbocycles. The summed E-state index contributed by atoms with van der Waals surface area (Å²) in [6, 6.07) is 0. The Bertz CT molecular complexity index is 1220. The van der Waals surface area contributed by atoms with Gasteiger partial charge in [0.05, 0.1) is 23.9 Å². The second kappa shape index (κ2) is 13.1. The van der Waals surface area contributed by atoms with Gasteiger partial charge >= 0.3 is 5.97 Å². The molecule has 4 saturated carbocycles. The van der Waals surface area contributed by atoms with Gasteiger partial charge in [-0.2, -0.15) is 0 Å². The molecule has 6 N–H and O–H groups in total. The molecule has 5 rings (SSSR count). The third-order valence-corrected chi connectivity index (χ3v) is 14.7. The van der Waals surface area contributed by atoms with Crippen LogP contribution in [0.1, 0.15) is 114 Å². The third kappa shape index (κ3) is 6.02. The highest BCUT2D eigenvalue weighted by atomic mass is 16.7. The van der Waals surface area contributed by atoms with Crippen molar-refractivity contribution in [2.45, 2.75) is 168 Å². The maximum Gasteiger partial charge on any atom is 0.302 e. The molecular weight excluding hydrogens is 616 g/mol. The van der Waals surface area contributed by atoms with E-state index in [0.29, 0.717) is 32.1 Å². The van der Waals surface area contributed by atoms with Crippen molar-refractivity contribution < 1.29 is 49.6 Å². The number of fused-ring (bicyclic) bond motifs is 5. The van der Waals surface area contributed by atoms with Crippen molar-refractivity contribution in [3.05, 3.63) is 11.6 Å². The van der Waals surface area contributed by atoms with E-state index in [1.54, 1.807) is 0 Å². The highest BCUT2D eigenvalue weighted by molar-refractivity contribution is 5.65. The first kappa shape index (κ1) is 38.1. The van der Waals surface area contributed by atoms with Crippen LogP contribution in [0.4, 0.5) is 0 Å². The van der Waals surface area contributed by atoms with Gasteiger partial charge in [0.15, 0.2) is 6.29 Å². The van der Waals surface area contributed by atoms with Crippen molar-refractivity contribution in [3.63, 3.8) is 0 Å². The maximum atomic E-state index is 12.3. The number of rotatable bonds is 8. The number of carbonyl (C=O) groups is 1. The number of hydrogen-bond donors (Lipinski definition) is 6. The van der Waals surface area contributed by atoms with Gasteiger partial charge in [0.25, 0.3) is 0 Å². The zero-order chi connectivity index (χ0) is 35.8. The summed E-state index contributed by atoms with van der Waals surface area (Å²) in [5.74, 6) is -0.793. The monoisotopic (exact) mass is 680 g/mol. The molecule has 5 fully saturated rings. The van der Waals surface area contributed by atoms with Crippen LogP contribution in [-0.4, -0.2) is 97.8 Å². The van der Waals surface area contributed by atoms with Crippen molar-refractivity contribution in [1.29, 1.82) is 0 Å². The molecule has 4 aliphatic carbocycles. The zero-order valence-electron chi connectivity index (χ0n) is 30.7. The van der Waals surface area contributed by atoms with E-state index in [1.165, 1.54) is 6.92 Å². The third-order valence-electron chi connectivity index (χ3n) is 14.7. The predicted octanol–water partition coefficient (Wildman–Crippen LogP) is 3.87. The largest absolute Gasteiger partial charge is 0.463 e. The lowest BCUT2D eigenvalue weighted by molar-refractivity contribution is -0.337. The molecule has 1 heterocycles. The fourth-order valence-electron chi connectivity index (χ4n) is 12.2. The molecule has 48 heavy (non-hydrogen) atoms. The van der Waals surface area contributed by atoms with E-state index >= 15 is 0 Å². The number of hydrogen-bond acceptors (Lipinski definition) is 10. The zero-order valence-corrected chi connectivity index (χ0v) is 30.7. The first-order chi connectivity index (χ1) is 22.1. The number of ether oxygens (including phenoxy) is 3. The Morgan fingerprint density at radius 1 is 0.896 bits per heavy atom. The molecule has 10 nitrogen and oxygen atoms in total. The minimum absolute atomic E-state index is 0.0827. The van der Waals surface area contributed by atoms with Gasteiger partial charge in [-0.25, -0.2) is 0 Å². The lowest BCUT2D eigenvalue weighted by Crippen LogP contribution is -2.70. The molecule has 0 unspecified atom stereocenters. The maximum absolute atomic E-state index is 12.3. The molecule has 0 bridgehead atoms. The Hall–Kier alpha value is -1.11. The molecular formula is C38H64O10. The highest BCUT2D eigenvalue weighted by Crippen LogP contribution is 2.76. The standard InChI is InChI=1S/C38H64O10/c1-20(2)11-10-14-38(9,48-33-31(45)30(44)29(43)25(47-33)19-46-21(3)39)22-12-16-36(7)28(22)23(40)17-26-35(6)15-13-27(42)34(4,5)32(35)24(41)18-37(26,36)8/h11,22-33,40-45H,10,12-19H2,1-9H3/t22-,23+,24-,25+,26+,27-,28-,29+,30-,31+,32-,33-,35+,36+,37+,38-/m0/s1. The van der Waals surface area contributed by atoms with Crippen molar-refractivity contribution in [3.8, 4) is 0 Å². The van der Waals surface area contributed by atoms with Gasteiger partial charge in [0.1, 0.15) is 31.0 Å². The van der Waals surface area contributed by atoms with Gasteiger partial charge in [0, 0.05) is 6.92 Å². The lowest BCUT2D eigenvalue weighted by Gasteiger charge is -2.71. The Kier molecular flexibility index (Phi) is 10.4. The topological polar surface area (TPSA) is 166 Å². The van der Waals surface area contributed by atoms with Gasteiger partial charge in [-0.15, -0.1) is 0 Å². The fraction of sp³-hybridized carbons (Fsp3) is 0.921. The van der Waals surface area contributed by atoms with Crippen molar-refractivity contribution in [1.82, 2.24) is 0 Å². The summed E-state index contributed by atoms with van der Waals surface area (Å²) >= 11 is 0. The Morgan fingerprint density at radius 3 is 2.19 bits per heavy atom. The fourth-order valence-corrected chi connectivity index (χ4v) is 12.2. The summed E-state index contributed by atoms with van der Waals surface area (Å²) in [6.07, 6.45) is -1.01. The van der Waals surface area contributed by atoms with Crippen LogP contribution in [0.15, 0.2) is 11.6 Å². The van der Waals surface area contributed by atoms with Crippen LogP contribution in [0.5, 0.6) is 0 Å². The average molecular weight is 681 g/mol. The second-order valence-corrected chi connectivity index (χ2v) is 18.1. The van der Waals surface area contributed by atoms with E-state index in [9.17, 15) is 35.4 Å². The summed E-state index contributed by atoms with van der Waals surface area (Å²) in [4.78, 5) is 11.5. The molecule has 0 aromatic heterocycles. The molecule has 0 radical (unpaired) electrons. The van der Waals surface area contributed by atoms with Crippen molar-refractivity contribution in [2.24, 2.45) is 45.3 Å². The van der Waals surface area contributed by atoms with E-state index < -0.39 is 66.0 Å². The van der Waals surface area contributed by atoms with Gasteiger partial charge in [-0.1, -0.05) is 46.3 Å². The summed E-state index contributed by atoms with van der Waals surface area (Å²) in [6.45, 7) is 18.1. The van der Waals surface area contributed by atoms with Crippen molar-refractivity contribution in [2.75, 3.05) is 6.61 Å². The first-order valence-corrected chi connectivity index (χ1v) is 18.3. The summed E-state index contributed by atoms with van der Waals surface area (Å²) in [5, 5.41) is 67.9. The second-order valence-electron chi connectivity index (χ2n) is 18.1. The van der Waals surface area contributed by atoms with E-state index in [2.05, 4.69) is 40.7 Å². The van der Waals surface area contributed by atoms with Crippen LogP contribution in [0, 0.1) is 45.3 Å². The number of aliphatic hydroxyl groups is 6. The van der Waals surface area contributed by atoms with Crippen LogP contribution in [0.2, 0.25) is 0 Å². The van der Waals surface area contributed by atoms with Crippen molar-refractivity contribution >= 4 is 5.97 Å². The normalized spacial score (nSPS) is 49.6. The number of carbonyl (C=O) groups excluding carboxylic acids is 1. The van der Waals surface area contributed by atoms with Gasteiger partial charge < -0.3 is 44.8 Å². The van der Waals surface area contributed by atoms with Crippen LogP contribution >= 0.6 is 0 Å². The number of aliphatic hydroxyl groups excluding tert-OH is 6. The predicted molar refractivity (Wildman–Crippen MR) is 179 cm³/mol. The quantitative estimate of drug-likeness (QED) is 0.164. The Labute approximate surface area is 287 Å². The van der Waals surface area contributed by atoms with Gasteiger partial charge in [-0.3, -0.25) is 4.79 Å². The lowest BCUT2D eigenvalue weighted by atomic mass is 9.34. The van der Waals surface area contributed by atoms with Crippen LogP contribution in [0.25, 0.3) is 0 Å². The molecule has 10 heteroatoms. The molecule has 1 saturated heterocycles. The minimum Gasteiger partial charge on any atom is -0.463 e. The SMILES string of the molecule is CC(=O)OC[C@H]1O[C@@H](O[C@@](C)(CCC=C(C)C)[C@H]2CC[C@]3(C)[C@@H]2[C@H](O)C[C@@H]2[C@@]4(C)CC[C@H](O)C(C)(C)[C@@H]4[C@@H](O)C[C@]23C)[C@H](O)[C@@H](O)[C@@H]1O. The number of allylic oxidation sites excluding steroid dienone is 2. The molecule has 0 aromatic rings. The molecule has 1 aliphatic heterocycles. The molecule has 0 amide bonds. The van der Waals surface area contributed by atoms with E-state index in [-0.39, 0.29) is 46.5 Å². The summed E-state index contributed by atoms with van der Waals surface area (Å²) in [7, 11) is 0.